The molecule has 1 N–H and O–H groups in total. The van der Waals surface area contributed by atoms with Crippen LogP contribution in [-0.4, -0.2) is 78.5 Å². The summed E-state index contributed by atoms with van der Waals surface area (Å²) in [6.07, 6.45) is 6.75. The van der Waals surface area contributed by atoms with E-state index in [1.807, 2.05) is 116 Å². The third kappa shape index (κ3) is 34.3. The number of carbonyl (C=O) groups excluding carboxylic acids is 9. The van der Waals surface area contributed by atoms with E-state index in [9.17, 15) is 43.2 Å². The Morgan fingerprint density at radius 1 is 0.305 bits per heavy atom. The van der Waals surface area contributed by atoms with Gasteiger partial charge in [-0.2, -0.15) is 0 Å². The van der Waals surface area contributed by atoms with E-state index < -0.39 is 0 Å². The maximum Gasteiger partial charge on any atom is 0.159 e. The number of para-hydroxylation sites is 1. The first-order valence-electron chi connectivity index (χ1n) is 34.6. The lowest BCUT2D eigenvalue weighted by atomic mass is 9.84. The number of ether oxygens (including phenoxy) is 3. The molecule has 1 saturated carbocycles. The second kappa shape index (κ2) is 46.8. The molecule has 0 aromatic heterocycles. The minimum Gasteiger partial charge on any atom is -0.508 e. The van der Waals surface area contributed by atoms with Crippen LogP contribution in [-0.2, 0) is 5.41 Å². The van der Waals surface area contributed by atoms with Gasteiger partial charge in [-0.25, -0.2) is 0 Å². The molecule has 11 rings (SSSR count). The van der Waals surface area contributed by atoms with E-state index in [0.717, 1.165) is 51.0 Å². The third-order valence-corrected chi connectivity index (χ3v) is 16.3. The fraction of sp³-hybridized carbons (Fsp3) is 0.250. The Labute approximate surface area is 621 Å². The molecule has 0 radical (unpaired) electrons. The zero-order chi connectivity index (χ0) is 78.0. The van der Waals surface area contributed by atoms with Crippen molar-refractivity contribution in [2.75, 3.05) is 21.3 Å². The lowest BCUT2D eigenvalue weighted by Gasteiger charge is -2.21. The Bertz CT molecular complexity index is 4130. The minimum atomic E-state index is -0.0156. The standard InChI is InChI=1S/C14H18O.C14H12O.C12H16O.C10H10O2.3C9H10O2.C9H10O.C6H6O/c2*1-11(15)12-7-9-14(10-8-12)13-5-3-2-4-6-13;1-9(13)10-5-7-11(8-6-10)12(2,3)4;1-7(11)9-4-3-5-10(6-9)8(2)12;3*1-7(10)8-3-5-9(11-2)6-4-8;1-7-3-5-9(6-4-7)8(2)10;7-6-4-2-1-3-5-6/h7-10,13H,2-6H2,1H3;2-10H,1H3;5-8H,1-4H3;3-6H,1-2H3;3*3-6H,1-2H3;3-6H,1-2H3;1-5,7H. The van der Waals surface area contributed by atoms with Gasteiger partial charge in [0.15, 0.2) is 52.0 Å². The van der Waals surface area contributed by atoms with Crippen molar-refractivity contribution >= 4 is 52.0 Å². The van der Waals surface area contributed by atoms with Gasteiger partial charge in [0.05, 0.1) is 21.3 Å². The molecule has 10 aromatic carbocycles. The average Bonchev–Trinajstić information content (AvgIpc) is 0.866. The second-order valence-corrected chi connectivity index (χ2v) is 25.7. The fourth-order valence-electron chi connectivity index (χ4n) is 9.81. The Kier molecular flexibility index (Phi) is 39.1. The normalized spacial score (nSPS) is 10.8. The van der Waals surface area contributed by atoms with Crippen LogP contribution in [0.15, 0.2) is 255 Å². The zero-order valence-electron chi connectivity index (χ0n) is 63.7. The van der Waals surface area contributed by atoms with Gasteiger partial charge in [-0.15, -0.1) is 0 Å². The lowest BCUT2D eigenvalue weighted by Crippen LogP contribution is -2.10. The predicted molar refractivity (Wildman–Crippen MR) is 424 cm³/mol. The van der Waals surface area contributed by atoms with Gasteiger partial charge >= 0.3 is 0 Å². The number of benzene rings is 10. The molecule has 548 valence electrons. The number of hydrogen-bond donors (Lipinski definition) is 1. The number of aromatic hydroxyl groups is 1. The minimum absolute atomic E-state index is 0.0156. The van der Waals surface area contributed by atoms with E-state index in [-0.39, 0.29) is 57.5 Å². The molecule has 10 aromatic rings. The van der Waals surface area contributed by atoms with E-state index in [2.05, 4.69) is 45.0 Å². The molecule has 0 spiro atoms. The van der Waals surface area contributed by atoms with Gasteiger partial charge in [-0.3, -0.25) is 43.2 Å². The number of aryl methyl sites for hydroxylation is 1. The molecule has 0 aliphatic heterocycles. The average molecular weight is 1420 g/mol. The summed E-state index contributed by atoms with van der Waals surface area (Å²) in [6, 6.07) is 78.0. The van der Waals surface area contributed by atoms with Crippen LogP contribution in [0.5, 0.6) is 23.0 Å². The lowest BCUT2D eigenvalue weighted by molar-refractivity contribution is 0.0999. The van der Waals surface area contributed by atoms with Crippen molar-refractivity contribution in [2.24, 2.45) is 0 Å². The van der Waals surface area contributed by atoms with Gasteiger partial charge in [0, 0.05) is 50.1 Å². The van der Waals surface area contributed by atoms with E-state index in [0.29, 0.717) is 33.6 Å². The molecule has 13 nitrogen and oxygen atoms in total. The van der Waals surface area contributed by atoms with Gasteiger partial charge in [-0.05, 0) is 207 Å². The number of phenols is 1. The van der Waals surface area contributed by atoms with Gasteiger partial charge in [0.2, 0.25) is 0 Å². The smallest absolute Gasteiger partial charge is 0.159 e. The fourth-order valence-corrected chi connectivity index (χ4v) is 9.81. The number of Topliss-reactive ketones (excluding diaryl/α,β-unsaturated/α-hetero) is 9. The Balaban J connectivity index is 0.000000309. The van der Waals surface area contributed by atoms with Gasteiger partial charge in [0.25, 0.3) is 0 Å². The molecule has 0 amide bonds. The van der Waals surface area contributed by atoms with Crippen LogP contribution in [0.4, 0.5) is 0 Å². The zero-order valence-corrected chi connectivity index (χ0v) is 63.7. The molecule has 1 aliphatic carbocycles. The Hall–Kier alpha value is -11.6. The molecule has 0 unspecified atom stereocenters. The number of carbonyl (C=O) groups is 9. The molecule has 0 bridgehead atoms. The maximum absolute atomic E-state index is 11.1. The highest BCUT2D eigenvalue weighted by Gasteiger charge is 2.16. The summed E-state index contributed by atoms with van der Waals surface area (Å²) in [6.45, 7) is 22.5. The van der Waals surface area contributed by atoms with Crippen molar-refractivity contribution in [2.45, 2.75) is 133 Å². The first kappa shape index (κ1) is 87.6. The summed E-state index contributed by atoms with van der Waals surface area (Å²) < 4.78 is 14.8. The SMILES string of the molecule is CC(=O)c1ccc(-c2ccccc2)cc1.CC(=O)c1ccc(C(C)(C)C)cc1.CC(=O)c1ccc(C)cc1.CC(=O)c1ccc(C2CCCCC2)cc1.CC(=O)c1cccc(C(C)=O)c1.COc1ccc(C(C)=O)cc1.COc1ccc(C(C)=O)cc1.COc1ccc(C(C)=O)cc1.Oc1ccccc1. The van der Waals surface area contributed by atoms with Crippen molar-refractivity contribution in [1.82, 2.24) is 0 Å². The van der Waals surface area contributed by atoms with E-state index in [4.69, 9.17) is 19.3 Å². The van der Waals surface area contributed by atoms with E-state index in [1.54, 1.807) is 191 Å². The Morgan fingerprint density at radius 2 is 0.571 bits per heavy atom. The monoisotopic (exact) mass is 1410 g/mol. The van der Waals surface area contributed by atoms with Crippen LogP contribution in [0.3, 0.4) is 0 Å². The van der Waals surface area contributed by atoms with Crippen molar-refractivity contribution in [3.8, 4) is 34.1 Å². The van der Waals surface area contributed by atoms with Crippen LogP contribution in [0.25, 0.3) is 11.1 Å². The number of hydrogen-bond acceptors (Lipinski definition) is 13. The number of rotatable bonds is 14. The molecule has 105 heavy (non-hydrogen) atoms. The van der Waals surface area contributed by atoms with Crippen LogP contribution in [0.2, 0.25) is 0 Å². The van der Waals surface area contributed by atoms with E-state index in [1.165, 1.54) is 68.2 Å². The van der Waals surface area contributed by atoms with Crippen LogP contribution in [0, 0.1) is 6.92 Å². The van der Waals surface area contributed by atoms with Crippen LogP contribution in [0.1, 0.15) is 231 Å². The van der Waals surface area contributed by atoms with Gasteiger partial charge < -0.3 is 19.3 Å². The summed E-state index contributed by atoms with van der Waals surface area (Å²) in [4.78, 5) is 98.2. The van der Waals surface area contributed by atoms with Crippen LogP contribution < -0.4 is 14.2 Å². The van der Waals surface area contributed by atoms with Crippen LogP contribution >= 0.6 is 0 Å². The largest absolute Gasteiger partial charge is 0.508 e. The quantitative estimate of drug-likeness (QED) is 0.101. The van der Waals surface area contributed by atoms with Crippen molar-refractivity contribution < 1.29 is 62.5 Å². The summed E-state index contributed by atoms with van der Waals surface area (Å²) in [5.41, 5.74) is 12.8. The highest BCUT2D eigenvalue weighted by atomic mass is 16.5. The summed E-state index contributed by atoms with van der Waals surface area (Å²) >= 11 is 0. The van der Waals surface area contributed by atoms with Crippen molar-refractivity contribution in [3.05, 3.63) is 322 Å². The number of phenolic OH excluding ortho intramolecular Hbond substituents is 1. The third-order valence-electron chi connectivity index (χ3n) is 16.3. The maximum atomic E-state index is 11.1. The molecule has 0 heterocycles. The van der Waals surface area contributed by atoms with Crippen molar-refractivity contribution in [1.29, 1.82) is 0 Å². The molecule has 0 atom stereocenters. The highest BCUT2D eigenvalue weighted by Crippen LogP contribution is 2.33. The van der Waals surface area contributed by atoms with Gasteiger partial charge in [-0.1, -0.05) is 209 Å². The molecular weight excluding hydrogens is 1310 g/mol. The Morgan fingerprint density at radius 3 is 0.848 bits per heavy atom. The first-order valence-corrected chi connectivity index (χ1v) is 34.6. The molecule has 0 saturated heterocycles. The molecule has 1 aliphatic rings. The molecule has 13 heteroatoms. The number of ketones is 9. The van der Waals surface area contributed by atoms with E-state index >= 15 is 0 Å². The first-order chi connectivity index (χ1) is 49.9. The molecule has 1 fully saturated rings. The summed E-state index contributed by atoms with van der Waals surface area (Å²) in [5, 5.41) is 8.63. The summed E-state index contributed by atoms with van der Waals surface area (Å²) in [7, 11) is 4.80. The predicted octanol–water partition coefficient (Wildman–Crippen LogP) is 22.1. The molecular formula is C92H102O13. The summed E-state index contributed by atoms with van der Waals surface area (Å²) in [5.74, 6) is 4.09. The number of methoxy groups -OCH3 is 3. The van der Waals surface area contributed by atoms with Gasteiger partial charge in [0.1, 0.15) is 23.0 Å². The topological polar surface area (TPSA) is 202 Å². The second-order valence-electron chi connectivity index (χ2n) is 25.7. The van der Waals surface area contributed by atoms with Crippen molar-refractivity contribution in [3.63, 3.8) is 0 Å². The highest BCUT2D eigenvalue weighted by molar-refractivity contribution is 6.00.